The van der Waals surface area contributed by atoms with Gasteiger partial charge in [0.2, 0.25) is 10.0 Å². The minimum Gasteiger partial charge on any atom is -0.484 e. The molecule has 0 saturated carbocycles. The van der Waals surface area contributed by atoms with Crippen molar-refractivity contribution in [2.75, 3.05) is 26.2 Å². The van der Waals surface area contributed by atoms with Crippen molar-refractivity contribution >= 4 is 15.9 Å². The van der Waals surface area contributed by atoms with Crippen molar-refractivity contribution < 1.29 is 23.1 Å². The molecule has 0 bridgehead atoms. The van der Waals surface area contributed by atoms with Crippen LogP contribution in [0.4, 0.5) is 0 Å². The second kappa shape index (κ2) is 9.36. The Morgan fingerprint density at radius 2 is 1.97 bits per heavy atom. The van der Waals surface area contributed by atoms with Gasteiger partial charge in [-0.3, -0.25) is 9.69 Å². The molecule has 1 aliphatic heterocycles. The third kappa shape index (κ3) is 6.26. The van der Waals surface area contributed by atoms with E-state index < -0.39 is 22.0 Å². The number of benzene rings is 2. The molecule has 0 fully saturated rings. The number of aliphatic hydroxyl groups excluding tert-OH is 1. The lowest BCUT2D eigenvalue weighted by Crippen LogP contribution is -2.42. The molecule has 0 aliphatic carbocycles. The van der Waals surface area contributed by atoms with Crippen LogP contribution in [0.15, 0.2) is 53.4 Å². The molecule has 9 heteroatoms. The Kier molecular flexibility index (Phi) is 6.86. The summed E-state index contributed by atoms with van der Waals surface area (Å²) in [6, 6.07) is 13.9. The minimum absolute atomic E-state index is 0.0889. The van der Waals surface area contributed by atoms with Crippen molar-refractivity contribution in [2.24, 2.45) is 5.14 Å². The van der Waals surface area contributed by atoms with Crippen molar-refractivity contribution in [3.05, 3.63) is 59.7 Å². The summed E-state index contributed by atoms with van der Waals surface area (Å²) in [5.74, 6) is -0.187. The summed E-state index contributed by atoms with van der Waals surface area (Å²) in [4.78, 5) is 14.0. The number of sulfonamides is 1. The topological polar surface area (TPSA) is 122 Å². The molecular formula is C20H25N3O5S. The van der Waals surface area contributed by atoms with E-state index in [1.807, 2.05) is 12.1 Å². The second-order valence-electron chi connectivity index (χ2n) is 7.02. The Labute approximate surface area is 170 Å². The standard InChI is InChI=1S/C20H25N3O5S/c21-29(26,27)19-7-3-6-18(10-19)28-14-20(25)22-11-17(24)13-23-9-8-15-4-1-2-5-16(15)12-23/h1-7,10,17,24H,8-9,11-14H2,(H,22,25)(H2,21,26,27). The predicted octanol–water partition coefficient (Wildman–Crippen LogP) is 0.248. The number of β-amino-alcohol motifs (C(OH)–C–C–N with tert-alkyl or cyclic N) is 1. The Balaban J connectivity index is 1.40. The molecule has 156 valence electrons. The maximum Gasteiger partial charge on any atom is 0.258 e. The largest absolute Gasteiger partial charge is 0.484 e. The van der Waals surface area contributed by atoms with Gasteiger partial charge in [-0.2, -0.15) is 0 Å². The lowest BCUT2D eigenvalue weighted by atomic mass is 10.00. The third-order valence-electron chi connectivity index (χ3n) is 4.72. The van der Waals surface area contributed by atoms with Crippen LogP contribution in [-0.4, -0.2) is 56.7 Å². The summed E-state index contributed by atoms with van der Waals surface area (Å²) >= 11 is 0. The van der Waals surface area contributed by atoms with E-state index in [0.717, 1.165) is 19.5 Å². The molecular weight excluding hydrogens is 394 g/mol. The molecule has 1 heterocycles. The van der Waals surface area contributed by atoms with Gasteiger partial charge < -0.3 is 15.2 Å². The number of rotatable bonds is 8. The fraction of sp³-hybridized carbons (Fsp3) is 0.350. The highest BCUT2D eigenvalue weighted by molar-refractivity contribution is 7.89. The first-order chi connectivity index (χ1) is 13.8. The molecule has 0 spiro atoms. The molecule has 2 aromatic rings. The molecule has 0 radical (unpaired) electrons. The van der Waals surface area contributed by atoms with Crippen LogP contribution in [0.5, 0.6) is 5.75 Å². The first-order valence-electron chi connectivity index (χ1n) is 9.31. The van der Waals surface area contributed by atoms with Gasteiger partial charge in [-0.25, -0.2) is 13.6 Å². The van der Waals surface area contributed by atoms with Crippen molar-refractivity contribution in [2.45, 2.75) is 24.0 Å². The van der Waals surface area contributed by atoms with Crippen LogP contribution in [-0.2, 0) is 27.8 Å². The average Bonchev–Trinajstić information content (AvgIpc) is 2.70. The lowest BCUT2D eigenvalue weighted by molar-refractivity contribution is -0.123. The van der Waals surface area contributed by atoms with Crippen molar-refractivity contribution in [3.8, 4) is 5.75 Å². The molecule has 3 rings (SSSR count). The highest BCUT2D eigenvalue weighted by Gasteiger charge is 2.19. The number of carbonyl (C=O) groups is 1. The lowest BCUT2D eigenvalue weighted by Gasteiger charge is -2.30. The number of fused-ring (bicyclic) bond motifs is 1. The van der Waals surface area contributed by atoms with E-state index in [4.69, 9.17) is 9.88 Å². The fourth-order valence-corrected chi connectivity index (χ4v) is 3.79. The van der Waals surface area contributed by atoms with Crippen molar-refractivity contribution in [3.63, 3.8) is 0 Å². The molecule has 1 aliphatic rings. The number of aliphatic hydroxyl groups is 1. The number of primary sulfonamides is 1. The zero-order valence-corrected chi connectivity index (χ0v) is 16.8. The number of nitrogens with two attached hydrogens (primary N) is 1. The normalized spacial score (nSPS) is 15.4. The monoisotopic (exact) mass is 419 g/mol. The van der Waals surface area contributed by atoms with Gasteiger partial charge in [0.05, 0.1) is 11.0 Å². The number of amides is 1. The fourth-order valence-electron chi connectivity index (χ4n) is 3.25. The second-order valence-corrected chi connectivity index (χ2v) is 8.58. The average molecular weight is 420 g/mol. The van der Waals surface area contributed by atoms with Crippen molar-refractivity contribution in [1.82, 2.24) is 10.2 Å². The van der Waals surface area contributed by atoms with Crippen LogP contribution in [0.3, 0.4) is 0 Å². The molecule has 29 heavy (non-hydrogen) atoms. The molecule has 4 N–H and O–H groups in total. The Morgan fingerprint density at radius 1 is 1.21 bits per heavy atom. The summed E-state index contributed by atoms with van der Waals surface area (Å²) < 4.78 is 28.0. The van der Waals surface area contributed by atoms with Crippen LogP contribution < -0.4 is 15.2 Å². The zero-order valence-electron chi connectivity index (χ0n) is 16.0. The minimum atomic E-state index is -3.84. The SMILES string of the molecule is NS(=O)(=O)c1cccc(OCC(=O)NCC(O)CN2CCc3ccccc3C2)c1. The van der Waals surface area contributed by atoms with Gasteiger partial charge in [0.1, 0.15) is 5.75 Å². The molecule has 1 amide bonds. The quantitative estimate of drug-likeness (QED) is 0.564. The van der Waals surface area contributed by atoms with E-state index in [0.29, 0.717) is 6.54 Å². The van der Waals surface area contributed by atoms with Gasteiger partial charge >= 0.3 is 0 Å². The van der Waals surface area contributed by atoms with Gasteiger partial charge in [0.15, 0.2) is 6.61 Å². The van der Waals surface area contributed by atoms with Crippen LogP contribution in [0, 0.1) is 0 Å². The third-order valence-corrected chi connectivity index (χ3v) is 5.63. The first-order valence-corrected chi connectivity index (χ1v) is 10.9. The summed E-state index contributed by atoms with van der Waals surface area (Å²) in [5.41, 5.74) is 2.61. The summed E-state index contributed by atoms with van der Waals surface area (Å²) in [6.07, 6.45) is 0.246. The van der Waals surface area contributed by atoms with Gasteiger partial charge in [-0.05, 0) is 29.7 Å². The number of nitrogens with zero attached hydrogens (tertiary/aromatic N) is 1. The highest BCUT2D eigenvalue weighted by Crippen LogP contribution is 2.18. The molecule has 2 aromatic carbocycles. The number of ether oxygens (including phenoxy) is 1. The Hall–Kier alpha value is -2.46. The van der Waals surface area contributed by atoms with Crippen LogP contribution in [0.2, 0.25) is 0 Å². The Morgan fingerprint density at radius 3 is 2.72 bits per heavy atom. The van der Waals surface area contributed by atoms with E-state index in [1.54, 1.807) is 0 Å². The number of hydrogen-bond donors (Lipinski definition) is 3. The van der Waals surface area contributed by atoms with E-state index in [1.165, 1.54) is 35.4 Å². The number of nitrogens with one attached hydrogen (secondary N) is 1. The molecule has 0 saturated heterocycles. The number of hydrogen-bond acceptors (Lipinski definition) is 6. The zero-order chi connectivity index (χ0) is 20.9. The predicted molar refractivity (Wildman–Crippen MR) is 108 cm³/mol. The van der Waals surface area contributed by atoms with Crippen molar-refractivity contribution in [1.29, 1.82) is 0 Å². The van der Waals surface area contributed by atoms with Crippen LogP contribution in [0.1, 0.15) is 11.1 Å². The summed E-state index contributed by atoms with van der Waals surface area (Å²) in [7, 11) is -3.84. The van der Waals surface area contributed by atoms with E-state index in [2.05, 4.69) is 22.3 Å². The molecule has 1 unspecified atom stereocenters. The van der Waals surface area contributed by atoms with Gasteiger partial charge in [0, 0.05) is 32.2 Å². The maximum atomic E-state index is 12.0. The van der Waals surface area contributed by atoms with E-state index in [9.17, 15) is 18.3 Å². The Bertz CT molecular complexity index is 964. The highest BCUT2D eigenvalue weighted by atomic mass is 32.2. The molecule has 0 aromatic heterocycles. The summed E-state index contributed by atoms with van der Waals surface area (Å²) in [5, 5.41) is 17.9. The molecule has 1 atom stereocenters. The van der Waals surface area contributed by atoms with E-state index in [-0.39, 0.29) is 23.8 Å². The summed E-state index contributed by atoms with van der Waals surface area (Å²) in [6.45, 7) is 1.93. The van der Waals surface area contributed by atoms with Gasteiger partial charge in [-0.15, -0.1) is 0 Å². The van der Waals surface area contributed by atoms with Crippen LogP contribution in [0.25, 0.3) is 0 Å². The first kappa shape index (κ1) is 21.3. The van der Waals surface area contributed by atoms with E-state index >= 15 is 0 Å². The smallest absolute Gasteiger partial charge is 0.258 e. The number of carbonyl (C=O) groups excluding carboxylic acids is 1. The van der Waals surface area contributed by atoms with Crippen LogP contribution >= 0.6 is 0 Å². The maximum absolute atomic E-state index is 12.0. The molecule has 8 nitrogen and oxygen atoms in total. The van der Waals surface area contributed by atoms with Gasteiger partial charge in [0.25, 0.3) is 5.91 Å². The van der Waals surface area contributed by atoms with Gasteiger partial charge in [-0.1, -0.05) is 30.3 Å².